The number of fused-ring (bicyclic) bond motifs is 1. The van der Waals surface area contributed by atoms with Crippen molar-refractivity contribution in [2.45, 2.75) is 18.8 Å². The average Bonchev–Trinajstić information content (AvgIpc) is 2.51. The number of carbonyl (C=O) groups excluding carboxylic acids is 1. The first-order valence-electron chi connectivity index (χ1n) is 7.02. The maximum Gasteiger partial charge on any atom is 0.573 e. The lowest BCUT2D eigenvalue weighted by Gasteiger charge is -2.28. The van der Waals surface area contributed by atoms with Crippen molar-refractivity contribution in [2.75, 3.05) is 5.06 Å². The molecule has 3 rings (SSSR count). The van der Waals surface area contributed by atoms with Crippen LogP contribution in [-0.2, 0) is 11.2 Å². The van der Waals surface area contributed by atoms with Crippen LogP contribution in [0.5, 0.6) is 5.75 Å². The van der Waals surface area contributed by atoms with Crippen molar-refractivity contribution >= 4 is 11.6 Å². The van der Waals surface area contributed by atoms with Crippen LogP contribution in [-0.4, -0.2) is 23.5 Å². The molecule has 0 saturated heterocycles. The van der Waals surface area contributed by atoms with Gasteiger partial charge in [0.15, 0.2) is 0 Å². The van der Waals surface area contributed by atoms with E-state index < -0.39 is 18.3 Å². The molecule has 8 heteroatoms. The minimum atomic E-state index is -4.78. The summed E-state index contributed by atoms with van der Waals surface area (Å²) < 4.78 is 40.9. The first-order chi connectivity index (χ1) is 11.2. The number of alkyl halides is 3. The molecular weight excluding hydrogens is 325 g/mol. The number of nitrogens with zero attached hydrogens (tertiary/aromatic N) is 1. The zero-order valence-corrected chi connectivity index (χ0v) is 12.2. The molecule has 3 N–H and O–H groups in total. The molecule has 0 aliphatic carbocycles. The molecule has 24 heavy (non-hydrogen) atoms. The van der Waals surface area contributed by atoms with E-state index in [-0.39, 0.29) is 17.9 Å². The zero-order chi connectivity index (χ0) is 17.5. The Hall–Kier alpha value is -2.58. The van der Waals surface area contributed by atoms with Crippen LogP contribution in [0.15, 0.2) is 42.5 Å². The largest absolute Gasteiger partial charge is 0.573 e. The Morgan fingerprint density at radius 3 is 2.58 bits per heavy atom. The summed E-state index contributed by atoms with van der Waals surface area (Å²) in [6.07, 6.45) is -4.50. The molecule has 1 heterocycles. The van der Waals surface area contributed by atoms with Gasteiger partial charge >= 0.3 is 6.36 Å². The monoisotopic (exact) mass is 338 g/mol. The number of rotatable bonds is 2. The number of ether oxygens (including phenoxy) is 1. The maximum atomic E-state index is 12.3. The van der Waals surface area contributed by atoms with E-state index in [1.54, 1.807) is 18.2 Å². The Morgan fingerprint density at radius 1 is 1.17 bits per heavy atom. The zero-order valence-electron chi connectivity index (χ0n) is 12.2. The number of hydrogen-bond donors (Lipinski definition) is 2. The summed E-state index contributed by atoms with van der Waals surface area (Å²) in [5.74, 6) is -0.981. The lowest BCUT2D eigenvalue weighted by molar-refractivity contribution is -0.274. The molecule has 0 fully saturated rings. The highest BCUT2D eigenvalue weighted by Crippen LogP contribution is 2.33. The molecule has 1 amide bonds. The Bertz CT molecular complexity index is 792. The van der Waals surface area contributed by atoms with E-state index in [2.05, 4.69) is 4.74 Å². The van der Waals surface area contributed by atoms with Gasteiger partial charge in [-0.3, -0.25) is 10.0 Å². The van der Waals surface area contributed by atoms with Gasteiger partial charge in [0.2, 0.25) is 0 Å². The van der Waals surface area contributed by atoms with Crippen LogP contribution >= 0.6 is 0 Å². The van der Waals surface area contributed by atoms with Gasteiger partial charge in [0, 0.05) is 0 Å². The number of amides is 1. The van der Waals surface area contributed by atoms with E-state index >= 15 is 0 Å². The normalized spacial score (nSPS) is 17.6. The predicted molar refractivity (Wildman–Crippen MR) is 79.5 cm³/mol. The minimum absolute atomic E-state index is 0.265. The molecule has 0 saturated carbocycles. The Kier molecular flexibility index (Phi) is 3.94. The Balaban J connectivity index is 1.97. The van der Waals surface area contributed by atoms with Crippen molar-refractivity contribution in [3.8, 4) is 16.9 Å². The molecule has 0 spiro atoms. The molecule has 1 aliphatic rings. The van der Waals surface area contributed by atoms with Gasteiger partial charge in [-0.05, 0) is 41.3 Å². The predicted octanol–water partition coefficient (Wildman–Crippen LogP) is 2.86. The number of halogens is 3. The van der Waals surface area contributed by atoms with E-state index in [1.807, 2.05) is 0 Å². The molecular formula is C16H13F3N2O3. The minimum Gasteiger partial charge on any atom is -0.406 e. The summed E-state index contributed by atoms with van der Waals surface area (Å²) in [6, 6.07) is 9.50. The fourth-order valence-corrected chi connectivity index (χ4v) is 2.59. The third kappa shape index (κ3) is 3.19. The van der Waals surface area contributed by atoms with E-state index in [0.717, 1.165) is 0 Å². The van der Waals surface area contributed by atoms with Crippen LogP contribution < -0.4 is 15.5 Å². The molecule has 126 valence electrons. The average molecular weight is 338 g/mol. The molecule has 0 radical (unpaired) electrons. The summed E-state index contributed by atoms with van der Waals surface area (Å²) in [5.41, 5.74) is 7.56. The van der Waals surface area contributed by atoms with Crippen LogP contribution in [0.2, 0.25) is 0 Å². The summed E-state index contributed by atoms with van der Waals surface area (Å²) in [4.78, 5) is 11.8. The molecule has 0 aromatic heterocycles. The number of hydrogen-bond acceptors (Lipinski definition) is 4. The fraction of sp³-hybridized carbons (Fsp3) is 0.188. The van der Waals surface area contributed by atoms with Gasteiger partial charge in [-0.2, -0.15) is 5.06 Å². The Morgan fingerprint density at radius 2 is 1.88 bits per heavy atom. The van der Waals surface area contributed by atoms with Crippen LogP contribution in [0.3, 0.4) is 0 Å². The first-order valence-corrected chi connectivity index (χ1v) is 7.02. The second kappa shape index (κ2) is 5.81. The number of anilines is 1. The van der Waals surface area contributed by atoms with Crippen LogP contribution in [0.1, 0.15) is 5.56 Å². The number of benzene rings is 2. The highest BCUT2D eigenvalue weighted by atomic mass is 19.4. The van der Waals surface area contributed by atoms with Gasteiger partial charge in [0.05, 0.1) is 11.7 Å². The number of carbonyl (C=O) groups is 1. The van der Waals surface area contributed by atoms with Crippen LogP contribution in [0, 0.1) is 0 Å². The van der Waals surface area contributed by atoms with Crippen molar-refractivity contribution in [2.24, 2.45) is 5.73 Å². The lowest BCUT2D eigenvalue weighted by Crippen LogP contribution is -2.47. The Labute approximate surface area is 135 Å². The molecule has 1 atom stereocenters. The maximum absolute atomic E-state index is 12.3. The van der Waals surface area contributed by atoms with Gasteiger partial charge < -0.3 is 10.5 Å². The highest BCUT2D eigenvalue weighted by molar-refractivity contribution is 5.98. The molecule has 0 bridgehead atoms. The van der Waals surface area contributed by atoms with Crippen molar-refractivity contribution in [1.29, 1.82) is 0 Å². The summed E-state index contributed by atoms with van der Waals surface area (Å²) >= 11 is 0. The van der Waals surface area contributed by atoms with Gasteiger partial charge in [0.1, 0.15) is 5.75 Å². The standard InChI is InChI=1S/C16H13F3N2O3/c17-16(18,19)24-12-3-1-2-9(6-12)10-4-5-11-7-13(20)15(22)21(23)14(11)8-10/h1-6,8,13,23H,7,20H2. The molecule has 5 nitrogen and oxygen atoms in total. The third-order valence-corrected chi connectivity index (χ3v) is 3.68. The quantitative estimate of drug-likeness (QED) is 0.826. The topological polar surface area (TPSA) is 75.8 Å². The van der Waals surface area contributed by atoms with Gasteiger partial charge in [-0.1, -0.05) is 24.3 Å². The van der Waals surface area contributed by atoms with Crippen LogP contribution in [0.25, 0.3) is 11.1 Å². The number of nitrogens with two attached hydrogens (primary N) is 1. The summed E-state index contributed by atoms with van der Waals surface area (Å²) in [7, 11) is 0. The highest BCUT2D eigenvalue weighted by Gasteiger charge is 2.31. The van der Waals surface area contributed by atoms with Gasteiger partial charge in [-0.25, -0.2) is 0 Å². The smallest absolute Gasteiger partial charge is 0.406 e. The molecule has 1 unspecified atom stereocenters. The van der Waals surface area contributed by atoms with Crippen molar-refractivity contribution in [3.05, 3.63) is 48.0 Å². The van der Waals surface area contributed by atoms with Crippen molar-refractivity contribution in [1.82, 2.24) is 0 Å². The molecule has 2 aromatic rings. The van der Waals surface area contributed by atoms with E-state index in [9.17, 15) is 23.2 Å². The van der Waals surface area contributed by atoms with Crippen LogP contribution in [0.4, 0.5) is 18.9 Å². The number of hydroxylamine groups is 1. The molecule has 1 aliphatic heterocycles. The summed E-state index contributed by atoms with van der Waals surface area (Å²) in [6.45, 7) is 0. The first kappa shape index (κ1) is 16.3. The van der Waals surface area contributed by atoms with E-state index in [1.165, 1.54) is 24.3 Å². The summed E-state index contributed by atoms with van der Waals surface area (Å²) in [5, 5.41) is 10.4. The van der Waals surface area contributed by atoms with Gasteiger partial charge in [-0.15, -0.1) is 13.2 Å². The molecule has 2 aromatic carbocycles. The third-order valence-electron chi connectivity index (χ3n) is 3.68. The van der Waals surface area contributed by atoms with Crippen molar-refractivity contribution < 1.29 is 27.9 Å². The van der Waals surface area contributed by atoms with Gasteiger partial charge in [0.25, 0.3) is 5.91 Å². The van der Waals surface area contributed by atoms with Crippen molar-refractivity contribution in [3.63, 3.8) is 0 Å². The SMILES string of the molecule is NC1Cc2ccc(-c3cccc(OC(F)(F)F)c3)cc2N(O)C1=O. The second-order valence-electron chi connectivity index (χ2n) is 5.38. The lowest BCUT2D eigenvalue weighted by atomic mass is 9.95. The second-order valence-corrected chi connectivity index (χ2v) is 5.38. The van der Waals surface area contributed by atoms with E-state index in [0.29, 0.717) is 21.8 Å². The van der Waals surface area contributed by atoms with E-state index in [4.69, 9.17) is 5.73 Å². The fourth-order valence-electron chi connectivity index (χ4n) is 2.59.